The highest BCUT2D eigenvalue weighted by molar-refractivity contribution is 8.09. The maximum absolute atomic E-state index is 13.1. The topological polar surface area (TPSA) is 102 Å². The van der Waals surface area contributed by atoms with Crippen LogP contribution in [0.25, 0.3) is 11.0 Å². The number of carbonyl (C=O) groups excluding carboxylic acids is 4. The van der Waals surface area contributed by atoms with Crippen LogP contribution in [0, 0.1) is 0 Å². The average Bonchev–Trinajstić information content (AvgIpc) is 3.72. The van der Waals surface area contributed by atoms with Crippen molar-refractivity contribution in [3.8, 4) is 5.88 Å². The third kappa shape index (κ3) is 3.62. The second-order valence-corrected chi connectivity index (χ2v) is 13.0. The Bertz CT molecular complexity index is 1770. The molecule has 0 radical (unpaired) electrons. The molecule has 1 atom stereocenters. The standard InChI is InChI=1S/C32H22N2O5S2/c35-24-16-8-2-3-9-17(16)25(36)20(24)14-22-33-30-28(40-22)29-31(39-32(30)12-6-1-7-13-32)34-23(41-29)15-21-26(37)18-10-4-5-11-19(18)27(21)38/h2-5,8-11,14-15,22,33H,1,6-7,12-13H2. The number of allylic oxidation sites excluding steroid dienone is 2. The number of aromatic nitrogens is 1. The van der Waals surface area contributed by atoms with Crippen molar-refractivity contribution in [2.24, 2.45) is 0 Å². The maximum Gasteiger partial charge on any atom is 0.234 e. The van der Waals surface area contributed by atoms with Gasteiger partial charge in [0.05, 0.1) is 27.1 Å². The van der Waals surface area contributed by atoms with Gasteiger partial charge in [-0.3, -0.25) is 19.2 Å². The molecule has 1 spiro atoms. The summed E-state index contributed by atoms with van der Waals surface area (Å²) >= 11 is 2.92. The van der Waals surface area contributed by atoms with Crippen LogP contribution in [0.4, 0.5) is 0 Å². The molecule has 0 amide bonds. The van der Waals surface area contributed by atoms with Crippen molar-refractivity contribution in [2.45, 2.75) is 43.1 Å². The summed E-state index contributed by atoms with van der Waals surface area (Å²) in [5, 5.41) is 3.78. The predicted molar refractivity (Wildman–Crippen MR) is 156 cm³/mol. The summed E-state index contributed by atoms with van der Waals surface area (Å²) in [7, 11) is 0. The highest BCUT2D eigenvalue weighted by Gasteiger charge is 2.49. The van der Waals surface area contributed by atoms with Crippen molar-refractivity contribution < 1.29 is 23.9 Å². The summed E-state index contributed by atoms with van der Waals surface area (Å²) < 4.78 is 6.66. The zero-order valence-electron chi connectivity index (χ0n) is 21.7. The lowest BCUT2D eigenvalue weighted by Gasteiger charge is -2.40. The van der Waals surface area contributed by atoms with Crippen LogP contribution in [0.2, 0.25) is 0 Å². The number of thiazole rings is 1. The number of Topliss-reactive ketones (excluding diaryl/α,β-unsaturated/α-hetero) is 4. The van der Waals surface area contributed by atoms with Gasteiger partial charge in [-0.05, 0) is 37.8 Å². The van der Waals surface area contributed by atoms with Crippen LogP contribution >= 0.6 is 23.1 Å². The fourth-order valence-electron chi connectivity index (χ4n) is 6.41. The molecule has 41 heavy (non-hydrogen) atoms. The number of ether oxygens (including phenoxy) is 1. The second kappa shape index (κ2) is 8.96. The van der Waals surface area contributed by atoms with Gasteiger partial charge in [-0.25, -0.2) is 4.98 Å². The normalized spacial score (nSPS) is 21.9. The SMILES string of the molecule is O=C1C(=Cc2nc3c(s2)C2=C(NC(C=C4C(=O)c5ccccc5C4=O)S2)C2(CCCCC2)O3)C(=O)c2ccccc21. The molecule has 1 aromatic heterocycles. The summed E-state index contributed by atoms with van der Waals surface area (Å²) in [5.41, 5.74) is 2.40. The van der Waals surface area contributed by atoms with E-state index in [-0.39, 0.29) is 39.7 Å². The van der Waals surface area contributed by atoms with E-state index in [4.69, 9.17) is 9.72 Å². The molecule has 1 unspecified atom stereocenters. The molecule has 7 nitrogen and oxygen atoms in total. The van der Waals surface area contributed by atoms with Gasteiger partial charge in [0.25, 0.3) is 0 Å². The van der Waals surface area contributed by atoms with Crippen LogP contribution in [0.5, 0.6) is 5.88 Å². The molecule has 0 bridgehead atoms. The molecule has 1 N–H and O–H groups in total. The van der Waals surface area contributed by atoms with Gasteiger partial charge in [0.2, 0.25) is 5.88 Å². The Labute approximate surface area is 243 Å². The molecule has 2 aromatic carbocycles. The highest BCUT2D eigenvalue weighted by atomic mass is 32.2. The van der Waals surface area contributed by atoms with Crippen molar-refractivity contribution in [1.29, 1.82) is 0 Å². The number of benzene rings is 2. The van der Waals surface area contributed by atoms with Gasteiger partial charge in [0.1, 0.15) is 9.88 Å². The molecule has 2 aliphatic heterocycles. The summed E-state index contributed by atoms with van der Waals surface area (Å²) in [5.74, 6) is -0.583. The zero-order chi connectivity index (χ0) is 27.9. The largest absolute Gasteiger partial charge is 0.463 e. The Kier molecular flexibility index (Phi) is 5.40. The predicted octanol–water partition coefficient (Wildman–Crippen LogP) is 6.04. The molecule has 3 aromatic rings. The second-order valence-electron chi connectivity index (χ2n) is 10.8. The Balaban J connectivity index is 1.16. The monoisotopic (exact) mass is 578 g/mol. The number of ketones is 4. The Morgan fingerprint density at radius 1 is 0.805 bits per heavy atom. The third-order valence-corrected chi connectivity index (χ3v) is 10.7. The molecular formula is C32H22N2O5S2. The fourth-order valence-corrected chi connectivity index (χ4v) is 8.76. The molecule has 8 rings (SSSR count). The van der Waals surface area contributed by atoms with E-state index in [1.54, 1.807) is 72.4 Å². The van der Waals surface area contributed by atoms with E-state index in [1.807, 2.05) is 0 Å². The number of hydrogen-bond donors (Lipinski definition) is 1. The first-order valence-corrected chi connectivity index (χ1v) is 15.3. The highest BCUT2D eigenvalue weighted by Crippen LogP contribution is 2.55. The van der Waals surface area contributed by atoms with E-state index in [9.17, 15) is 19.2 Å². The van der Waals surface area contributed by atoms with Crippen LogP contribution in [0.3, 0.4) is 0 Å². The lowest BCUT2D eigenvalue weighted by Crippen LogP contribution is -2.46. The summed E-state index contributed by atoms with van der Waals surface area (Å²) in [6, 6.07) is 13.8. The molecule has 9 heteroatoms. The Morgan fingerprint density at radius 2 is 1.37 bits per heavy atom. The van der Waals surface area contributed by atoms with Gasteiger partial charge in [0, 0.05) is 22.3 Å². The average molecular weight is 579 g/mol. The van der Waals surface area contributed by atoms with E-state index in [0.29, 0.717) is 33.1 Å². The van der Waals surface area contributed by atoms with Gasteiger partial charge < -0.3 is 10.1 Å². The van der Waals surface area contributed by atoms with Crippen molar-refractivity contribution >= 4 is 57.2 Å². The van der Waals surface area contributed by atoms with E-state index < -0.39 is 5.60 Å². The van der Waals surface area contributed by atoms with Gasteiger partial charge in [-0.1, -0.05) is 66.7 Å². The lowest BCUT2D eigenvalue weighted by molar-refractivity contribution is 0.0531. The molecule has 5 aliphatic rings. The number of nitrogens with zero attached hydrogens (tertiary/aromatic N) is 1. The number of carbonyl (C=O) groups is 4. The fraction of sp³-hybridized carbons (Fsp3) is 0.219. The smallest absolute Gasteiger partial charge is 0.234 e. The first-order chi connectivity index (χ1) is 19.9. The third-order valence-electron chi connectivity index (χ3n) is 8.38. The van der Waals surface area contributed by atoms with E-state index in [0.717, 1.165) is 47.6 Å². The number of nitrogens with one attached hydrogen (secondary N) is 1. The van der Waals surface area contributed by atoms with Crippen LogP contribution in [-0.4, -0.2) is 39.1 Å². The van der Waals surface area contributed by atoms with Gasteiger partial charge in [-0.15, -0.1) is 11.3 Å². The summed E-state index contributed by atoms with van der Waals surface area (Å²) in [4.78, 5) is 58.7. The van der Waals surface area contributed by atoms with Crippen LogP contribution < -0.4 is 10.1 Å². The first kappa shape index (κ1) is 24.7. The van der Waals surface area contributed by atoms with Crippen LogP contribution in [0.15, 0.2) is 71.5 Å². The minimum atomic E-state index is -0.568. The van der Waals surface area contributed by atoms with E-state index in [1.165, 1.54) is 11.3 Å². The van der Waals surface area contributed by atoms with Crippen molar-refractivity contribution in [1.82, 2.24) is 10.3 Å². The first-order valence-electron chi connectivity index (χ1n) is 13.6. The Morgan fingerprint density at radius 3 is 1.95 bits per heavy atom. The van der Waals surface area contributed by atoms with Crippen LogP contribution in [0.1, 0.15) is 83.4 Å². The summed E-state index contributed by atoms with van der Waals surface area (Å²) in [6.07, 6.45) is 8.11. The van der Waals surface area contributed by atoms with E-state index >= 15 is 0 Å². The van der Waals surface area contributed by atoms with Gasteiger partial charge >= 0.3 is 0 Å². The molecule has 1 fully saturated rings. The maximum atomic E-state index is 13.1. The number of hydrogen-bond acceptors (Lipinski definition) is 9. The lowest BCUT2D eigenvalue weighted by atomic mass is 9.81. The quantitative estimate of drug-likeness (QED) is 0.290. The summed E-state index contributed by atoms with van der Waals surface area (Å²) in [6.45, 7) is 0. The van der Waals surface area contributed by atoms with Crippen LogP contribution in [-0.2, 0) is 0 Å². The molecule has 1 saturated carbocycles. The number of fused-ring (bicyclic) bond motifs is 5. The minimum Gasteiger partial charge on any atom is -0.463 e. The minimum absolute atomic E-state index is 0.108. The molecule has 0 saturated heterocycles. The van der Waals surface area contributed by atoms with Crippen molar-refractivity contribution in [3.63, 3.8) is 0 Å². The molecule has 3 aliphatic carbocycles. The zero-order valence-corrected chi connectivity index (χ0v) is 23.3. The van der Waals surface area contributed by atoms with E-state index in [2.05, 4.69) is 5.32 Å². The molecule has 202 valence electrons. The van der Waals surface area contributed by atoms with Gasteiger partial charge in [-0.2, -0.15) is 0 Å². The van der Waals surface area contributed by atoms with Crippen molar-refractivity contribution in [2.75, 3.05) is 0 Å². The Hall–Kier alpha value is -4.08. The number of rotatable bonds is 2. The molecule has 3 heterocycles. The van der Waals surface area contributed by atoms with Gasteiger partial charge in [0.15, 0.2) is 28.7 Å². The van der Waals surface area contributed by atoms with Crippen molar-refractivity contribution in [3.05, 3.63) is 104 Å². The molecular weight excluding hydrogens is 556 g/mol. The number of thioether (sulfide) groups is 1.